The first-order chi connectivity index (χ1) is 11.9. The normalized spacial score (nSPS) is 12.2. The van der Waals surface area contributed by atoms with Gasteiger partial charge in [0.2, 0.25) is 5.91 Å². The van der Waals surface area contributed by atoms with Gasteiger partial charge in [0.05, 0.1) is 13.1 Å². The molecular weight excluding hydrogens is 497 g/mol. The van der Waals surface area contributed by atoms with Gasteiger partial charge >= 0.3 is 12.5 Å². The van der Waals surface area contributed by atoms with E-state index < -0.39 is 37.3 Å². The van der Waals surface area contributed by atoms with Crippen LogP contribution in [0.2, 0.25) is 0 Å². The van der Waals surface area contributed by atoms with Gasteiger partial charge in [-0.05, 0) is 17.7 Å². The average Bonchev–Trinajstić information content (AvgIpc) is 2.48. The Bertz CT molecular complexity index is 634. The first-order valence-corrected chi connectivity index (χ1v) is 7.05. The predicted octanol–water partition coefficient (Wildman–Crippen LogP) is 2.63. The molecule has 0 aliphatic rings. The molecule has 1 amide bonds. The van der Waals surface area contributed by atoms with E-state index in [2.05, 4.69) is 15.0 Å². The van der Waals surface area contributed by atoms with E-state index in [1.54, 1.807) is 0 Å². The molecule has 0 spiro atoms. The number of hydrogen-bond donors (Lipinski definition) is 2. The number of nitrogens with one attached hydrogen (secondary N) is 1. The number of hydrogen-bond acceptors (Lipinski definition) is 3. The predicted molar refractivity (Wildman–Crippen MR) is 95.6 cm³/mol. The van der Waals surface area contributed by atoms with Crippen LogP contribution in [-0.4, -0.2) is 49.4 Å². The third-order valence-corrected chi connectivity index (χ3v) is 2.85. The maximum absolute atomic E-state index is 12.2. The zero-order chi connectivity index (χ0) is 20.0. The molecule has 27 heavy (non-hydrogen) atoms. The van der Waals surface area contributed by atoms with Crippen molar-refractivity contribution in [3.8, 4) is 5.75 Å². The van der Waals surface area contributed by atoms with Crippen LogP contribution in [0.1, 0.15) is 5.56 Å². The smallest absolute Gasteiger partial charge is 0.406 e. The first-order valence-electron chi connectivity index (χ1n) is 7.05. The molecule has 154 valence electrons. The summed E-state index contributed by atoms with van der Waals surface area (Å²) in [6, 6.07) is 4.86. The molecule has 3 N–H and O–H groups in total. The molecule has 0 aliphatic heterocycles. The Hall–Kier alpha value is -1.93. The second-order valence-electron chi connectivity index (χ2n) is 5.11. The second kappa shape index (κ2) is 10.4. The van der Waals surface area contributed by atoms with E-state index in [0.29, 0.717) is 10.5 Å². The highest BCUT2D eigenvalue weighted by Gasteiger charge is 2.31. The summed E-state index contributed by atoms with van der Waals surface area (Å²) in [4.78, 5) is 15.8. The van der Waals surface area contributed by atoms with Crippen LogP contribution >= 0.6 is 24.0 Å². The summed E-state index contributed by atoms with van der Waals surface area (Å²) in [5.74, 6) is -1.43. The summed E-state index contributed by atoms with van der Waals surface area (Å²) in [5, 5.41) is 2.36. The second-order valence-corrected chi connectivity index (χ2v) is 5.11. The molecule has 0 atom stereocenters. The third kappa shape index (κ3) is 11.4. The van der Waals surface area contributed by atoms with E-state index in [-0.39, 0.29) is 36.5 Å². The number of carbonyl (C=O) groups excluding carboxylic acids is 1. The lowest BCUT2D eigenvalue weighted by atomic mass is 10.2. The van der Waals surface area contributed by atoms with Gasteiger partial charge in [0.15, 0.2) is 5.96 Å². The third-order valence-electron chi connectivity index (χ3n) is 2.85. The average molecular weight is 514 g/mol. The molecule has 0 aromatic heterocycles. The molecule has 6 nitrogen and oxygen atoms in total. The van der Waals surface area contributed by atoms with E-state index >= 15 is 0 Å². The van der Waals surface area contributed by atoms with Crippen molar-refractivity contribution in [1.82, 2.24) is 10.2 Å². The van der Waals surface area contributed by atoms with Gasteiger partial charge in [0, 0.05) is 7.05 Å². The van der Waals surface area contributed by atoms with Gasteiger partial charge < -0.3 is 20.7 Å². The van der Waals surface area contributed by atoms with E-state index in [1.807, 2.05) is 0 Å². The minimum Gasteiger partial charge on any atom is -0.406 e. The number of ether oxygens (including phenoxy) is 1. The molecule has 0 radical (unpaired) electrons. The molecule has 0 heterocycles. The molecule has 0 unspecified atom stereocenters. The minimum atomic E-state index is -4.79. The van der Waals surface area contributed by atoms with E-state index in [4.69, 9.17) is 5.73 Å². The van der Waals surface area contributed by atoms with Crippen LogP contribution in [0.25, 0.3) is 0 Å². The molecule has 1 aromatic rings. The topological polar surface area (TPSA) is 80.0 Å². The van der Waals surface area contributed by atoms with Crippen LogP contribution in [0.4, 0.5) is 26.3 Å². The van der Waals surface area contributed by atoms with Crippen molar-refractivity contribution in [3.63, 3.8) is 0 Å². The maximum Gasteiger partial charge on any atom is 0.573 e. The van der Waals surface area contributed by atoms with Crippen molar-refractivity contribution in [2.24, 2.45) is 10.7 Å². The van der Waals surface area contributed by atoms with Gasteiger partial charge in [-0.15, -0.1) is 37.1 Å². The summed E-state index contributed by atoms with van der Waals surface area (Å²) in [6.07, 6.45) is -9.30. The minimum absolute atomic E-state index is 0. The molecule has 13 heteroatoms. The molecular formula is C14H17F6IN4O2. The van der Waals surface area contributed by atoms with Crippen LogP contribution in [0.3, 0.4) is 0 Å². The zero-order valence-electron chi connectivity index (χ0n) is 13.9. The Kier molecular flexibility index (Phi) is 9.67. The maximum atomic E-state index is 12.2. The lowest BCUT2D eigenvalue weighted by Crippen LogP contribution is -2.44. The van der Waals surface area contributed by atoms with Crippen LogP contribution in [0, 0.1) is 0 Å². The van der Waals surface area contributed by atoms with Gasteiger partial charge in [-0.25, -0.2) is 4.99 Å². The number of nitrogens with two attached hydrogens (primary N) is 1. The number of halogens is 7. The quantitative estimate of drug-likeness (QED) is 0.265. The van der Waals surface area contributed by atoms with Crippen molar-refractivity contribution in [1.29, 1.82) is 0 Å². The Morgan fingerprint density at radius 2 is 1.74 bits per heavy atom. The number of rotatable bonds is 6. The summed E-state index contributed by atoms with van der Waals surface area (Å²) >= 11 is 0. The van der Waals surface area contributed by atoms with Gasteiger partial charge in [0.25, 0.3) is 0 Å². The number of benzene rings is 1. The Balaban J connectivity index is 0.00000676. The monoisotopic (exact) mass is 514 g/mol. The number of likely N-dealkylation sites (N-methyl/N-ethyl adjacent to an activating group) is 1. The van der Waals surface area contributed by atoms with Crippen LogP contribution in [-0.2, 0) is 11.3 Å². The Labute approximate surface area is 167 Å². The van der Waals surface area contributed by atoms with Gasteiger partial charge in [-0.1, -0.05) is 12.1 Å². The van der Waals surface area contributed by atoms with E-state index in [9.17, 15) is 31.1 Å². The number of alkyl halides is 6. The van der Waals surface area contributed by atoms with Crippen molar-refractivity contribution in [3.05, 3.63) is 29.8 Å². The number of carbonyl (C=O) groups is 1. The Morgan fingerprint density at radius 3 is 2.22 bits per heavy atom. The van der Waals surface area contributed by atoms with E-state index in [1.165, 1.54) is 12.1 Å². The SMILES string of the molecule is CN(CC(F)(F)F)C(=O)CNC(N)=NCc1ccc(OC(F)(F)F)cc1.I. The fourth-order valence-corrected chi connectivity index (χ4v) is 1.69. The number of amides is 1. The number of aliphatic imine (C=N–C) groups is 1. The van der Waals surface area contributed by atoms with Crippen molar-refractivity contribution in [2.75, 3.05) is 20.1 Å². The van der Waals surface area contributed by atoms with Crippen molar-refractivity contribution < 1.29 is 35.9 Å². The van der Waals surface area contributed by atoms with Crippen molar-refractivity contribution >= 4 is 35.8 Å². The highest BCUT2D eigenvalue weighted by molar-refractivity contribution is 14.0. The Morgan fingerprint density at radius 1 is 1.19 bits per heavy atom. The summed E-state index contributed by atoms with van der Waals surface area (Å²) in [6.45, 7) is -1.89. The largest absolute Gasteiger partial charge is 0.573 e. The van der Waals surface area contributed by atoms with E-state index in [0.717, 1.165) is 19.2 Å². The van der Waals surface area contributed by atoms with Gasteiger partial charge in [-0.2, -0.15) is 13.2 Å². The molecule has 1 rings (SSSR count). The lowest BCUT2D eigenvalue weighted by molar-refractivity contribution is -0.274. The van der Waals surface area contributed by atoms with Gasteiger partial charge in [0.1, 0.15) is 12.3 Å². The standard InChI is InChI=1S/C14H16F6N4O2.HI/c1-24(8-13(15,16)17)11(25)7-23-12(21)22-6-9-2-4-10(5-3-9)26-14(18,19)20;/h2-5H,6-8H2,1H3,(H3,21,22,23);1H. The van der Waals surface area contributed by atoms with Crippen LogP contribution in [0.5, 0.6) is 5.75 Å². The van der Waals surface area contributed by atoms with Crippen LogP contribution < -0.4 is 15.8 Å². The lowest BCUT2D eigenvalue weighted by Gasteiger charge is -2.19. The molecule has 0 aliphatic carbocycles. The van der Waals surface area contributed by atoms with Crippen LogP contribution in [0.15, 0.2) is 29.3 Å². The van der Waals surface area contributed by atoms with Crippen molar-refractivity contribution in [2.45, 2.75) is 19.1 Å². The number of nitrogens with zero attached hydrogens (tertiary/aromatic N) is 2. The molecule has 0 fully saturated rings. The summed E-state index contributed by atoms with van der Waals surface area (Å²) in [5.41, 5.74) is 5.99. The molecule has 0 bridgehead atoms. The fourth-order valence-electron chi connectivity index (χ4n) is 1.69. The summed E-state index contributed by atoms with van der Waals surface area (Å²) < 4.78 is 76.3. The highest BCUT2D eigenvalue weighted by Crippen LogP contribution is 2.22. The molecule has 0 saturated heterocycles. The van der Waals surface area contributed by atoms with Gasteiger partial charge in [-0.3, -0.25) is 4.79 Å². The molecule has 0 saturated carbocycles. The first kappa shape index (κ1) is 25.1. The zero-order valence-corrected chi connectivity index (χ0v) is 16.2. The highest BCUT2D eigenvalue weighted by atomic mass is 127. The summed E-state index contributed by atoms with van der Waals surface area (Å²) in [7, 11) is 0.995. The molecule has 1 aromatic carbocycles. The fraction of sp³-hybridized carbons (Fsp3) is 0.429. The number of guanidine groups is 1.